The van der Waals surface area contributed by atoms with E-state index in [0.29, 0.717) is 19.0 Å². The quantitative estimate of drug-likeness (QED) is 0.922. The molecule has 0 radical (unpaired) electrons. The van der Waals surface area contributed by atoms with Gasteiger partial charge >= 0.3 is 6.09 Å². The van der Waals surface area contributed by atoms with Gasteiger partial charge in [-0.3, -0.25) is 0 Å². The average molecular weight is 302 g/mol. The molecule has 1 aliphatic heterocycles. The van der Waals surface area contributed by atoms with Gasteiger partial charge in [-0.15, -0.1) is 0 Å². The summed E-state index contributed by atoms with van der Waals surface area (Å²) in [6.07, 6.45) is -1.58. The fourth-order valence-electron chi connectivity index (χ4n) is 1.57. The molecule has 1 amide bonds. The number of halogens is 1. The van der Waals surface area contributed by atoms with Crippen LogP contribution in [0.1, 0.15) is 0 Å². The summed E-state index contributed by atoms with van der Waals surface area (Å²) in [5.41, 5.74) is 4.97. The van der Waals surface area contributed by atoms with Crippen LogP contribution in [0.4, 0.5) is 4.79 Å². The van der Waals surface area contributed by atoms with Crippen LogP contribution in [-0.4, -0.2) is 31.5 Å². The largest absolute Gasteiger partial charge is 0.484 e. The normalized spacial score (nSPS) is 23.4. The molecule has 1 aromatic rings. The first-order valence-corrected chi connectivity index (χ1v) is 5.90. The molecule has 6 heteroatoms. The maximum absolute atomic E-state index is 10.7. The summed E-state index contributed by atoms with van der Waals surface area (Å²) in [6, 6.07) is 7.39. The zero-order chi connectivity index (χ0) is 12.3. The molecule has 92 valence electrons. The van der Waals surface area contributed by atoms with Crippen LogP contribution < -0.4 is 10.5 Å². The van der Waals surface area contributed by atoms with Crippen LogP contribution >= 0.6 is 15.9 Å². The molecule has 2 atom stereocenters. The molecule has 0 spiro atoms. The Labute approximate surface area is 107 Å². The third-order valence-electron chi connectivity index (χ3n) is 2.35. The number of ether oxygens (including phenoxy) is 3. The van der Waals surface area contributed by atoms with E-state index in [4.69, 9.17) is 19.9 Å². The molecular weight excluding hydrogens is 290 g/mol. The minimum Gasteiger partial charge on any atom is -0.484 e. The zero-order valence-corrected chi connectivity index (χ0v) is 10.6. The van der Waals surface area contributed by atoms with Gasteiger partial charge in [0.05, 0.1) is 13.2 Å². The Kier molecular flexibility index (Phi) is 3.86. The molecule has 1 heterocycles. The highest BCUT2D eigenvalue weighted by molar-refractivity contribution is 9.10. The van der Waals surface area contributed by atoms with E-state index < -0.39 is 12.2 Å². The maximum atomic E-state index is 10.7. The summed E-state index contributed by atoms with van der Waals surface area (Å²) in [4.78, 5) is 10.7. The number of carbonyl (C=O) groups is 1. The molecule has 1 fully saturated rings. The van der Waals surface area contributed by atoms with Crippen molar-refractivity contribution in [3.05, 3.63) is 28.7 Å². The van der Waals surface area contributed by atoms with Gasteiger partial charge in [0.2, 0.25) is 0 Å². The number of rotatable bonds is 3. The van der Waals surface area contributed by atoms with Gasteiger partial charge in [-0.2, -0.15) is 0 Å². The highest BCUT2D eigenvalue weighted by atomic mass is 79.9. The van der Waals surface area contributed by atoms with E-state index in [1.54, 1.807) is 0 Å². The smallest absolute Gasteiger partial charge is 0.404 e. The van der Waals surface area contributed by atoms with Crippen molar-refractivity contribution in [1.82, 2.24) is 0 Å². The summed E-state index contributed by atoms with van der Waals surface area (Å²) in [7, 11) is 0. The van der Waals surface area contributed by atoms with Gasteiger partial charge < -0.3 is 19.9 Å². The Balaban J connectivity index is 1.97. The molecule has 0 saturated carbocycles. The third kappa shape index (κ3) is 3.34. The summed E-state index contributed by atoms with van der Waals surface area (Å²) in [5.74, 6) is 0.696. The van der Waals surface area contributed by atoms with Crippen LogP contribution in [-0.2, 0) is 9.47 Å². The van der Waals surface area contributed by atoms with Crippen LogP contribution in [0, 0.1) is 0 Å². The average Bonchev–Trinajstić information content (AvgIpc) is 2.68. The second kappa shape index (κ2) is 5.37. The van der Waals surface area contributed by atoms with E-state index in [9.17, 15) is 4.79 Å². The van der Waals surface area contributed by atoms with Crippen LogP contribution in [0.2, 0.25) is 0 Å². The lowest BCUT2D eigenvalue weighted by Gasteiger charge is -2.18. The fourth-order valence-corrected chi connectivity index (χ4v) is 1.84. The van der Waals surface area contributed by atoms with Crippen LogP contribution in [0.15, 0.2) is 28.7 Å². The van der Waals surface area contributed by atoms with Crippen molar-refractivity contribution in [2.45, 2.75) is 12.2 Å². The van der Waals surface area contributed by atoms with Gasteiger partial charge in [0.1, 0.15) is 5.75 Å². The lowest BCUT2D eigenvalue weighted by Crippen LogP contribution is -2.35. The van der Waals surface area contributed by atoms with Gasteiger partial charge in [0.15, 0.2) is 12.2 Å². The summed E-state index contributed by atoms with van der Waals surface area (Å²) >= 11 is 3.34. The summed E-state index contributed by atoms with van der Waals surface area (Å²) < 4.78 is 16.7. The Morgan fingerprint density at radius 2 is 1.94 bits per heavy atom. The van der Waals surface area contributed by atoms with E-state index >= 15 is 0 Å². The van der Waals surface area contributed by atoms with Crippen LogP contribution in [0.5, 0.6) is 5.75 Å². The van der Waals surface area contributed by atoms with Gasteiger partial charge in [-0.05, 0) is 24.3 Å². The molecule has 1 aliphatic rings. The molecule has 0 aliphatic carbocycles. The maximum Gasteiger partial charge on any atom is 0.404 e. The first kappa shape index (κ1) is 12.2. The monoisotopic (exact) mass is 301 g/mol. The number of benzene rings is 1. The molecule has 0 bridgehead atoms. The molecule has 0 aromatic heterocycles. The lowest BCUT2D eigenvalue weighted by atomic mass is 10.2. The fraction of sp³-hybridized carbons (Fsp3) is 0.364. The topological polar surface area (TPSA) is 70.8 Å². The third-order valence-corrected chi connectivity index (χ3v) is 2.88. The number of amides is 1. The minimum atomic E-state index is -0.815. The molecular formula is C11H12BrNO4. The van der Waals surface area contributed by atoms with Crippen molar-refractivity contribution in [2.75, 3.05) is 13.2 Å². The standard InChI is InChI=1S/C11H12BrNO4/c12-7-1-3-8(4-2-7)16-9-5-15-6-10(9)17-11(13)14/h1-4,9-10H,5-6H2,(H2,13,14). The van der Waals surface area contributed by atoms with Crippen molar-refractivity contribution in [3.63, 3.8) is 0 Å². The van der Waals surface area contributed by atoms with Crippen LogP contribution in [0.25, 0.3) is 0 Å². The first-order chi connectivity index (χ1) is 8.15. The molecule has 2 unspecified atom stereocenters. The van der Waals surface area contributed by atoms with Gasteiger partial charge in [0.25, 0.3) is 0 Å². The predicted molar refractivity (Wildman–Crippen MR) is 63.8 cm³/mol. The second-order valence-corrected chi connectivity index (χ2v) is 4.54. The van der Waals surface area contributed by atoms with E-state index in [1.165, 1.54) is 0 Å². The number of hydrogen-bond donors (Lipinski definition) is 1. The Morgan fingerprint density at radius 3 is 2.59 bits per heavy atom. The van der Waals surface area contributed by atoms with Crippen molar-refractivity contribution in [3.8, 4) is 5.75 Å². The highest BCUT2D eigenvalue weighted by Gasteiger charge is 2.32. The van der Waals surface area contributed by atoms with Crippen molar-refractivity contribution < 1.29 is 19.0 Å². The minimum absolute atomic E-state index is 0.310. The Hall–Kier alpha value is -1.27. The van der Waals surface area contributed by atoms with E-state index in [0.717, 1.165) is 4.47 Å². The highest BCUT2D eigenvalue weighted by Crippen LogP contribution is 2.21. The van der Waals surface area contributed by atoms with E-state index in [2.05, 4.69) is 15.9 Å². The van der Waals surface area contributed by atoms with Crippen molar-refractivity contribution in [2.24, 2.45) is 5.73 Å². The van der Waals surface area contributed by atoms with Crippen molar-refractivity contribution in [1.29, 1.82) is 0 Å². The van der Waals surface area contributed by atoms with E-state index in [1.807, 2.05) is 24.3 Å². The number of primary amides is 1. The van der Waals surface area contributed by atoms with Gasteiger partial charge in [0, 0.05) is 4.47 Å². The van der Waals surface area contributed by atoms with Gasteiger partial charge in [-0.1, -0.05) is 15.9 Å². The Bertz CT molecular complexity index is 395. The zero-order valence-electron chi connectivity index (χ0n) is 8.97. The SMILES string of the molecule is NC(=O)OC1COCC1Oc1ccc(Br)cc1. The number of hydrogen-bond acceptors (Lipinski definition) is 4. The second-order valence-electron chi connectivity index (χ2n) is 3.62. The van der Waals surface area contributed by atoms with Gasteiger partial charge in [-0.25, -0.2) is 4.79 Å². The van der Waals surface area contributed by atoms with E-state index in [-0.39, 0.29) is 6.10 Å². The molecule has 1 aromatic carbocycles. The van der Waals surface area contributed by atoms with Crippen LogP contribution in [0.3, 0.4) is 0 Å². The molecule has 2 N–H and O–H groups in total. The summed E-state index contributed by atoms with van der Waals surface area (Å²) in [5, 5.41) is 0. The molecule has 2 rings (SSSR count). The first-order valence-electron chi connectivity index (χ1n) is 5.11. The van der Waals surface area contributed by atoms with Crippen molar-refractivity contribution >= 4 is 22.0 Å². The predicted octanol–water partition coefficient (Wildman–Crippen LogP) is 1.69. The summed E-state index contributed by atoms with van der Waals surface area (Å²) in [6.45, 7) is 0.693. The molecule has 5 nitrogen and oxygen atoms in total. The Morgan fingerprint density at radius 1 is 1.29 bits per heavy atom. The molecule has 17 heavy (non-hydrogen) atoms. The lowest BCUT2D eigenvalue weighted by molar-refractivity contribution is 0.0487. The number of carbonyl (C=O) groups excluding carboxylic acids is 1. The molecule has 1 saturated heterocycles. The number of nitrogens with two attached hydrogens (primary N) is 1.